The zero-order valence-electron chi connectivity index (χ0n) is 15.4. The maximum absolute atomic E-state index is 13.5. The number of anilines is 1. The van der Waals surface area contributed by atoms with Gasteiger partial charge in [-0.05, 0) is 48.7 Å². The summed E-state index contributed by atoms with van der Waals surface area (Å²) in [5.41, 5.74) is 7.93. The van der Waals surface area contributed by atoms with E-state index in [1.54, 1.807) is 30.5 Å². The fraction of sp³-hybridized carbons (Fsp3) is 0.143. The highest BCUT2D eigenvalue weighted by Gasteiger charge is 2.28. The number of hydrogen-bond acceptors (Lipinski definition) is 4. The molecule has 0 saturated carbocycles. The van der Waals surface area contributed by atoms with Crippen molar-refractivity contribution in [3.63, 3.8) is 0 Å². The highest BCUT2D eigenvalue weighted by molar-refractivity contribution is 7.93. The van der Waals surface area contributed by atoms with Crippen LogP contribution in [0.1, 0.15) is 21.5 Å². The second-order valence-electron chi connectivity index (χ2n) is 6.33. The highest BCUT2D eigenvalue weighted by Crippen LogP contribution is 2.26. The van der Waals surface area contributed by atoms with Gasteiger partial charge in [-0.2, -0.15) is 0 Å². The Morgan fingerprint density at radius 3 is 2.43 bits per heavy atom. The van der Waals surface area contributed by atoms with Crippen LogP contribution in [0.4, 0.5) is 5.69 Å². The molecule has 0 aliphatic heterocycles. The van der Waals surface area contributed by atoms with Gasteiger partial charge in [0.25, 0.3) is 10.0 Å². The van der Waals surface area contributed by atoms with E-state index < -0.39 is 15.9 Å². The van der Waals surface area contributed by atoms with E-state index in [4.69, 9.17) is 5.73 Å². The molecular formula is C21H21N3O3S. The lowest BCUT2D eigenvalue weighted by Gasteiger charge is -2.25. The van der Waals surface area contributed by atoms with Gasteiger partial charge in [0.15, 0.2) is 0 Å². The maximum Gasteiger partial charge on any atom is 0.265 e. The summed E-state index contributed by atoms with van der Waals surface area (Å²) in [6.07, 6.45) is 3.58. The van der Waals surface area contributed by atoms with Gasteiger partial charge in [0.05, 0.1) is 17.4 Å². The lowest BCUT2D eigenvalue weighted by molar-refractivity contribution is 0.0997. The van der Waals surface area contributed by atoms with Crippen molar-refractivity contribution >= 4 is 21.6 Å². The smallest absolute Gasteiger partial charge is 0.265 e. The number of nitrogens with zero attached hydrogens (tertiary/aromatic N) is 2. The van der Waals surface area contributed by atoms with E-state index in [1.165, 1.54) is 22.6 Å². The van der Waals surface area contributed by atoms with Gasteiger partial charge in [0, 0.05) is 12.7 Å². The average Bonchev–Trinajstić information content (AvgIpc) is 2.70. The predicted molar refractivity (Wildman–Crippen MR) is 109 cm³/mol. The van der Waals surface area contributed by atoms with Crippen LogP contribution in [-0.2, 0) is 16.4 Å². The van der Waals surface area contributed by atoms with Crippen molar-refractivity contribution in [1.29, 1.82) is 0 Å². The number of benzene rings is 2. The predicted octanol–water partition coefficient (Wildman–Crippen LogP) is 2.93. The lowest BCUT2D eigenvalue weighted by Crippen LogP contribution is -2.34. The Kier molecular flexibility index (Phi) is 5.75. The van der Waals surface area contributed by atoms with Crippen molar-refractivity contribution in [2.24, 2.45) is 5.73 Å². The molecule has 0 radical (unpaired) electrons. The molecule has 2 aromatic carbocycles. The largest absolute Gasteiger partial charge is 0.366 e. The number of carbonyl (C=O) groups excluding carboxylic acids is 1. The van der Waals surface area contributed by atoms with Crippen LogP contribution in [-0.4, -0.2) is 25.9 Å². The van der Waals surface area contributed by atoms with Gasteiger partial charge in [-0.3, -0.25) is 14.1 Å². The van der Waals surface area contributed by atoms with Crippen molar-refractivity contribution in [3.8, 4) is 0 Å². The molecular weight excluding hydrogens is 374 g/mol. The molecule has 0 aliphatic carbocycles. The van der Waals surface area contributed by atoms with Gasteiger partial charge in [-0.1, -0.05) is 36.4 Å². The minimum Gasteiger partial charge on any atom is -0.366 e. The molecule has 0 saturated heterocycles. The van der Waals surface area contributed by atoms with Crippen LogP contribution in [0.25, 0.3) is 0 Å². The zero-order valence-corrected chi connectivity index (χ0v) is 16.3. The molecule has 0 aliphatic rings. The molecule has 1 aromatic heterocycles. The van der Waals surface area contributed by atoms with E-state index in [1.807, 2.05) is 31.2 Å². The molecule has 28 heavy (non-hydrogen) atoms. The molecule has 3 rings (SSSR count). The van der Waals surface area contributed by atoms with Crippen LogP contribution < -0.4 is 10.0 Å². The maximum atomic E-state index is 13.5. The minimum absolute atomic E-state index is 0.0349. The van der Waals surface area contributed by atoms with Crippen molar-refractivity contribution in [3.05, 3.63) is 89.7 Å². The third kappa shape index (κ3) is 4.04. The Labute approximate surface area is 164 Å². The molecule has 144 valence electrons. The molecule has 0 fully saturated rings. The highest BCUT2D eigenvalue weighted by atomic mass is 32.2. The molecule has 3 aromatic rings. The number of sulfonamides is 1. The molecule has 7 heteroatoms. The summed E-state index contributed by atoms with van der Waals surface area (Å²) in [6, 6.07) is 17.1. The topological polar surface area (TPSA) is 93.4 Å². The SMILES string of the molecule is Cc1ccccc1CCN(c1cccnc1)S(=O)(=O)c1ccccc1C(N)=O. The Hall–Kier alpha value is -3.19. The molecule has 0 spiro atoms. The van der Waals surface area contributed by atoms with Gasteiger partial charge in [-0.15, -0.1) is 0 Å². The van der Waals surface area contributed by atoms with E-state index in [0.717, 1.165) is 11.1 Å². The summed E-state index contributed by atoms with van der Waals surface area (Å²) < 4.78 is 28.2. The summed E-state index contributed by atoms with van der Waals surface area (Å²) in [6.45, 7) is 2.19. The van der Waals surface area contributed by atoms with Crippen molar-refractivity contribution in [2.45, 2.75) is 18.2 Å². The number of rotatable bonds is 7. The van der Waals surface area contributed by atoms with Crippen LogP contribution in [0.5, 0.6) is 0 Å². The molecule has 1 amide bonds. The Balaban J connectivity index is 2.04. The van der Waals surface area contributed by atoms with E-state index in [2.05, 4.69) is 4.98 Å². The van der Waals surface area contributed by atoms with E-state index in [-0.39, 0.29) is 17.0 Å². The first-order chi connectivity index (χ1) is 13.4. The van der Waals surface area contributed by atoms with Crippen LogP contribution in [0, 0.1) is 6.92 Å². The fourth-order valence-electron chi connectivity index (χ4n) is 3.02. The monoisotopic (exact) mass is 395 g/mol. The number of primary amides is 1. The number of pyridine rings is 1. The number of hydrogen-bond donors (Lipinski definition) is 1. The second-order valence-corrected chi connectivity index (χ2v) is 8.16. The second kappa shape index (κ2) is 8.22. The molecule has 0 unspecified atom stereocenters. The quantitative estimate of drug-likeness (QED) is 0.666. The summed E-state index contributed by atoms with van der Waals surface area (Å²) >= 11 is 0. The number of amides is 1. The number of carbonyl (C=O) groups is 1. The molecule has 1 heterocycles. The first-order valence-electron chi connectivity index (χ1n) is 8.77. The Morgan fingerprint density at radius 2 is 1.75 bits per heavy atom. The minimum atomic E-state index is -4.02. The average molecular weight is 395 g/mol. The van der Waals surface area contributed by atoms with Crippen LogP contribution in [0.15, 0.2) is 78.0 Å². The Bertz CT molecular complexity index is 1080. The first-order valence-corrected chi connectivity index (χ1v) is 10.2. The molecule has 6 nitrogen and oxygen atoms in total. The molecule has 2 N–H and O–H groups in total. The molecule has 0 bridgehead atoms. The first kappa shape index (κ1) is 19.6. The number of aromatic nitrogens is 1. The third-order valence-corrected chi connectivity index (χ3v) is 6.39. The normalized spacial score (nSPS) is 11.2. The van der Waals surface area contributed by atoms with Gasteiger partial charge < -0.3 is 5.73 Å². The van der Waals surface area contributed by atoms with Gasteiger partial charge in [0.1, 0.15) is 4.90 Å². The lowest BCUT2D eigenvalue weighted by atomic mass is 10.1. The van der Waals surface area contributed by atoms with Crippen LogP contribution in [0.2, 0.25) is 0 Å². The standard InChI is InChI=1S/C21H21N3O3S/c1-16-7-2-3-8-17(16)12-14-24(18-9-6-13-23-15-18)28(26,27)20-11-5-4-10-19(20)21(22)25/h2-11,13,15H,12,14H2,1H3,(H2,22,25). The van der Waals surface area contributed by atoms with E-state index in [9.17, 15) is 13.2 Å². The summed E-state index contributed by atoms with van der Waals surface area (Å²) in [5.74, 6) is -0.788. The summed E-state index contributed by atoms with van der Waals surface area (Å²) in [7, 11) is -4.02. The summed E-state index contributed by atoms with van der Waals surface area (Å²) in [5, 5.41) is 0. The summed E-state index contributed by atoms with van der Waals surface area (Å²) in [4.78, 5) is 15.7. The Morgan fingerprint density at radius 1 is 1.04 bits per heavy atom. The van der Waals surface area contributed by atoms with Gasteiger partial charge in [-0.25, -0.2) is 8.42 Å². The van der Waals surface area contributed by atoms with E-state index >= 15 is 0 Å². The van der Waals surface area contributed by atoms with Gasteiger partial charge in [0.2, 0.25) is 5.91 Å². The van der Waals surface area contributed by atoms with E-state index in [0.29, 0.717) is 12.1 Å². The van der Waals surface area contributed by atoms with Crippen molar-refractivity contribution in [2.75, 3.05) is 10.8 Å². The van der Waals surface area contributed by atoms with Crippen molar-refractivity contribution in [1.82, 2.24) is 4.98 Å². The third-order valence-electron chi connectivity index (χ3n) is 4.50. The fourth-order valence-corrected chi connectivity index (χ4v) is 4.67. The van der Waals surface area contributed by atoms with Crippen LogP contribution in [0.3, 0.4) is 0 Å². The van der Waals surface area contributed by atoms with Crippen LogP contribution >= 0.6 is 0 Å². The number of aryl methyl sites for hydroxylation is 1. The van der Waals surface area contributed by atoms with Gasteiger partial charge >= 0.3 is 0 Å². The van der Waals surface area contributed by atoms with Crippen molar-refractivity contribution < 1.29 is 13.2 Å². The molecule has 0 atom stereocenters. The zero-order chi connectivity index (χ0) is 20.1. The number of nitrogens with two attached hydrogens (primary N) is 1.